The normalized spacial score (nSPS) is 14.4. The molecule has 0 saturated heterocycles. The Morgan fingerprint density at radius 1 is 0.625 bits per heavy atom. The number of nitrogens with one attached hydrogen (secondary N) is 1. The van der Waals surface area contributed by atoms with Crippen molar-refractivity contribution in [1.82, 2.24) is 0 Å². The van der Waals surface area contributed by atoms with Crippen LogP contribution in [0.15, 0.2) is 0 Å². The third kappa shape index (κ3) is 12.1. The van der Waals surface area contributed by atoms with Crippen molar-refractivity contribution in [3.05, 3.63) is 0 Å². The number of unbranched alkanes of at least 4 members (excludes halogenated alkanes) is 10. The van der Waals surface area contributed by atoms with Gasteiger partial charge < -0.3 is 4.48 Å². The van der Waals surface area contributed by atoms with Crippen LogP contribution in [0.1, 0.15) is 124 Å². The zero-order valence-electron chi connectivity index (χ0n) is 24.2. The fourth-order valence-corrected chi connectivity index (χ4v) is 7.47. The lowest BCUT2D eigenvalue weighted by atomic mass is 10.1. The van der Waals surface area contributed by atoms with Crippen LogP contribution in [0.5, 0.6) is 0 Å². The molecule has 0 spiro atoms. The maximum absolute atomic E-state index is 14.0. The predicted molar refractivity (Wildman–Crippen MR) is 147 cm³/mol. The first-order valence-electron chi connectivity index (χ1n) is 14.5. The summed E-state index contributed by atoms with van der Waals surface area (Å²) in [5.74, 6) is 0. The van der Waals surface area contributed by atoms with E-state index >= 15 is 0 Å². The highest BCUT2D eigenvalue weighted by Gasteiger charge is 2.58. The SMILES string of the molecule is CCCCCC[N+](CCCCCC)(CCCCCC)C(CCCCC(=N)S(=O)(=O)C(F)(F)F)S(=O)(=O)C(F)(F)F. The molecule has 40 heavy (non-hydrogen) atoms. The van der Waals surface area contributed by atoms with Gasteiger partial charge in [0.05, 0.1) is 19.6 Å². The lowest BCUT2D eigenvalue weighted by Crippen LogP contribution is -2.62. The van der Waals surface area contributed by atoms with Gasteiger partial charge in [0.15, 0.2) is 5.37 Å². The molecule has 0 aromatic rings. The quantitative estimate of drug-likeness (QED) is 0.0428. The first-order chi connectivity index (χ1) is 18.4. The van der Waals surface area contributed by atoms with Crippen LogP contribution in [-0.4, -0.2) is 62.4 Å². The minimum atomic E-state index is -5.83. The molecule has 0 fully saturated rings. The maximum Gasteiger partial charge on any atom is 0.503 e. The summed E-state index contributed by atoms with van der Waals surface area (Å²) in [6.07, 6.45) is 7.22. The minimum Gasteiger partial charge on any atom is -0.308 e. The smallest absolute Gasteiger partial charge is 0.308 e. The van der Waals surface area contributed by atoms with E-state index in [1.54, 1.807) is 0 Å². The predicted octanol–water partition coefficient (Wildman–Crippen LogP) is 8.28. The van der Waals surface area contributed by atoms with Gasteiger partial charge in [-0.15, -0.1) is 0 Å². The molecule has 0 rings (SSSR count). The number of hydrogen-bond acceptors (Lipinski definition) is 5. The number of nitrogens with zero attached hydrogens (tertiary/aromatic N) is 1. The molecule has 0 radical (unpaired) electrons. The van der Waals surface area contributed by atoms with Gasteiger partial charge >= 0.3 is 20.9 Å². The van der Waals surface area contributed by atoms with Gasteiger partial charge in [0, 0.05) is 12.8 Å². The van der Waals surface area contributed by atoms with Crippen molar-refractivity contribution in [3.8, 4) is 0 Å². The zero-order chi connectivity index (χ0) is 31.1. The molecule has 14 heteroatoms. The van der Waals surface area contributed by atoms with Crippen LogP contribution in [0.2, 0.25) is 0 Å². The lowest BCUT2D eigenvalue weighted by molar-refractivity contribution is -0.939. The van der Waals surface area contributed by atoms with Crippen LogP contribution in [-0.2, 0) is 19.7 Å². The Morgan fingerprint density at radius 2 is 1.02 bits per heavy atom. The zero-order valence-corrected chi connectivity index (χ0v) is 25.8. The highest BCUT2D eigenvalue weighted by molar-refractivity contribution is 8.07. The van der Waals surface area contributed by atoms with Crippen molar-refractivity contribution >= 4 is 24.7 Å². The van der Waals surface area contributed by atoms with Crippen molar-refractivity contribution in [2.24, 2.45) is 0 Å². The van der Waals surface area contributed by atoms with Crippen LogP contribution in [0.3, 0.4) is 0 Å². The van der Waals surface area contributed by atoms with E-state index in [0.29, 0.717) is 19.3 Å². The molecule has 1 unspecified atom stereocenters. The van der Waals surface area contributed by atoms with Crippen LogP contribution in [0, 0.1) is 5.41 Å². The fraction of sp³-hybridized carbons (Fsp3) is 0.962. The van der Waals surface area contributed by atoms with Crippen molar-refractivity contribution in [2.75, 3.05) is 19.6 Å². The van der Waals surface area contributed by atoms with E-state index in [9.17, 15) is 43.2 Å². The Kier molecular flexibility index (Phi) is 17.5. The molecule has 240 valence electrons. The molecule has 0 aliphatic rings. The molecule has 0 aromatic carbocycles. The Morgan fingerprint density at radius 3 is 1.35 bits per heavy atom. The van der Waals surface area contributed by atoms with Crippen LogP contribution >= 0.6 is 0 Å². The van der Waals surface area contributed by atoms with Crippen LogP contribution in [0.4, 0.5) is 26.3 Å². The summed E-state index contributed by atoms with van der Waals surface area (Å²) in [6.45, 7) is 6.71. The summed E-state index contributed by atoms with van der Waals surface area (Å²) in [7, 11) is -11.5. The monoisotopic (exact) mass is 631 g/mol. The van der Waals surface area contributed by atoms with Gasteiger partial charge in [0.25, 0.3) is 9.84 Å². The molecule has 6 nitrogen and oxygen atoms in total. The molecule has 0 aliphatic heterocycles. The van der Waals surface area contributed by atoms with E-state index in [1.807, 2.05) is 20.8 Å². The Balaban J connectivity index is 6.30. The van der Waals surface area contributed by atoms with Gasteiger partial charge in [-0.2, -0.15) is 26.3 Å². The topological polar surface area (TPSA) is 92.1 Å². The van der Waals surface area contributed by atoms with Crippen molar-refractivity contribution in [3.63, 3.8) is 0 Å². The lowest BCUT2D eigenvalue weighted by Gasteiger charge is -2.45. The van der Waals surface area contributed by atoms with Gasteiger partial charge in [0.2, 0.25) is 0 Å². The number of rotatable bonds is 22. The van der Waals surface area contributed by atoms with E-state index in [0.717, 1.165) is 57.8 Å². The van der Waals surface area contributed by atoms with Gasteiger partial charge in [-0.1, -0.05) is 59.3 Å². The molecule has 0 aromatic heterocycles. The standard InChI is InChI=1S/C26H49F6N2O4S2/c1-4-7-10-15-20-34(21-16-11-8-5-2,22-17-12-9-6-3)24(40(37,38)26(30,31)32)19-14-13-18-23(33)39(35,36)25(27,28)29/h24,33H,4-22H2,1-3H3/q+1. The van der Waals surface area contributed by atoms with Crippen molar-refractivity contribution in [1.29, 1.82) is 5.41 Å². The summed E-state index contributed by atoms with van der Waals surface area (Å²) in [4.78, 5) is 0. The maximum atomic E-state index is 14.0. The van der Waals surface area contributed by atoms with Crippen LogP contribution < -0.4 is 0 Å². The first kappa shape index (κ1) is 39.1. The second-order valence-electron chi connectivity index (χ2n) is 10.6. The van der Waals surface area contributed by atoms with Gasteiger partial charge in [-0.3, -0.25) is 5.41 Å². The van der Waals surface area contributed by atoms with Gasteiger partial charge in [-0.25, -0.2) is 16.8 Å². The molecular formula is C26H49F6N2O4S2+. The molecule has 0 aliphatic carbocycles. The largest absolute Gasteiger partial charge is 0.503 e. The van der Waals surface area contributed by atoms with Gasteiger partial charge in [-0.05, 0) is 51.4 Å². The van der Waals surface area contributed by atoms with E-state index < -0.39 is 54.0 Å². The minimum absolute atomic E-state index is 0.247. The molecule has 1 N–H and O–H groups in total. The summed E-state index contributed by atoms with van der Waals surface area (Å²) < 4.78 is 129. The molecular weight excluding hydrogens is 582 g/mol. The Bertz CT molecular complexity index is 905. The van der Waals surface area contributed by atoms with E-state index in [-0.39, 0.29) is 37.0 Å². The number of sulfone groups is 2. The average Bonchev–Trinajstić information content (AvgIpc) is 2.85. The molecule has 0 bridgehead atoms. The second-order valence-corrected chi connectivity index (χ2v) is 14.7. The first-order valence-corrected chi connectivity index (χ1v) is 17.5. The number of hydrogen-bond donors (Lipinski definition) is 1. The van der Waals surface area contributed by atoms with E-state index in [2.05, 4.69) is 0 Å². The summed E-state index contributed by atoms with van der Waals surface area (Å²) >= 11 is 0. The third-order valence-electron chi connectivity index (χ3n) is 7.40. The van der Waals surface area contributed by atoms with Crippen molar-refractivity contribution < 1.29 is 47.7 Å². The second kappa shape index (κ2) is 17.9. The Hall–Kier alpha value is -0.890. The third-order valence-corrected chi connectivity index (χ3v) is 10.9. The highest BCUT2D eigenvalue weighted by atomic mass is 32.2. The number of halogens is 6. The highest BCUT2D eigenvalue weighted by Crippen LogP contribution is 2.37. The molecule has 0 heterocycles. The Labute approximate surface area is 237 Å². The molecule has 1 atom stereocenters. The molecule has 0 amide bonds. The average molecular weight is 632 g/mol. The summed E-state index contributed by atoms with van der Waals surface area (Å²) in [5.41, 5.74) is -11.2. The number of alkyl halides is 6. The summed E-state index contributed by atoms with van der Waals surface area (Å²) in [6, 6.07) is 0. The van der Waals surface area contributed by atoms with E-state index in [1.165, 1.54) is 0 Å². The van der Waals surface area contributed by atoms with Crippen molar-refractivity contribution in [2.45, 2.75) is 140 Å². The fourth-order valence-electron chi connectivity index (χ4n) is 5.08. The molecule has 0 saturated carbocycles. The van der Waals surface area contributed by atoms with Crippen LogP contribution in [0.25, 0.3) is 0 Å². The van der Waals surface area contributed by atoms with E-state index in [4.69, 9.17) is 5.41 Å². The summed E-state index contributed by atoms with van der Waals surface area (Å²) in [5, 5.41) is 3.94. The van der Waals surface area contributed by atoms with Gasteiger partial charge in [0.1, 0.15) is 5.04 Å². The number of quaternary nitrogens is 1.